The number of piperidine rings is 1. The van der Waals surface area contributed by atoms with E-state index in [1.165, 1.54) is 32.4 Å². The number of hydrogen-bond acceptors (Lipinski definition) is 5. The monoisotopic (exact) mass is 458 g/mol. The van der Waals surface area contributed by atoms with Crippen LogP contribution < -0.4 is 14.8 Å². The van der Waals surface area contributed by atoms with Gasteiger partial charge in [-0.15, -0.1) is 0 Å². The number of hydrogen-bond donors (Lipinski definition) is 1. The van der Waals surface area contributed by atoms with E-state index in [0.717, 1.165) is 10.4 Å². The van der Waals surface area contributed by atoms with Gasteiger partial charge in [0, 0.05) is 19.2 Å². The highest BCUT2D eigenvalue weighted by Crippen LogP contribution is 2.32. The van der Waals surface area contributed by atoms with Crippen LogP contribution in [0.25, 0.3) is 0 Å². The van der Waals surface area contributed by atoms with Crippen LogP contribution in [-0.2, 0) is 14.8 Å². The second-order valence-corrected chi connectivity index (χ2v) is 8.87. The van der Waals surface area contributed by atoms with Crippen LogP contribution in [0.1, 0.15) is 12.8 Å². The van der Waals surface area contributed by atoms with Gasteiger partial charge in [0.1, 0.15) is 0 Å². The number of anilines is 1. The molecule has 0 radical (unpaired) electrons. The van der Waals surface area contributed by atoms with Crippen molar-refractivity contribution in [2.24, 2.45) is 5.92 Å². The van der Waals surface area contributed by atoms with E-state index in [2.05, 4.69) is 5.32 Å². The number of sulfonamides is 1. The molecule has 1 saturated heterocycles. The fourth-order valence-corrected chi connectivity index (χ4v) is 4.90. The van der Waals surface area contributed by atoms with Crippen molar-refractivity contribution < 1.29 is 35.9 Å². The van der Waals surface area contributed by atoms with E-state index in [0.29, 0.717) is 24.7 Å². The van der Waals surface area contributed by atoms with Crippen LogP contribution in [0.15, 0.2) is 35.2 Å². The maximum Gasteiger partial charge on any atom is 0.243 e. The molecule has 1 fully saturated rings. The number of rotatable bonds is 6. The average Bonchev–Trinajstić information content (AvgIpc) is 2.78. The summed E-state index contributed by atoms with van der Waals surface area (Å²) in [6.45, 7) is 0.0494. The standard InChI is InChI=1S/C20H21F3N2O5S/c1-29-16-8-5-13(10-17(16)30-2)31(27,28)25-9-3-4-12(11-25)20(26)24-15-7-6-14(21)18(22)19(15)23/h5-8,10,12H,3-4,9,11H2,1-2H3,(H,24,26)/t12-/m0/s1. The summed E-state index contributed by atoms with van der Waals surface area (Å²) in [6.07, 6.45) is 0.750. The summed E-state index contributed by atoms with van der Waals surface area (Å²) in [5, 5.41) is 2.21. The van der Waals surface area contributed by atoms with Gasteiger partial charge < -0.3 is 14.8 Å². The van der Waals surface area contributed by atoms with Crippen LogP contribution in [0.2, 0.25) is 0 Å². The van der Waals surface area contributed by atoms with Crippen LogP contribution in [0.3, 0.4) is 0 Å². The Morgan fingerprint density at radius 3 is 2.45 bits per heavy atom. The van der Waals surface area contributed by atoms with E-state index in [-0.39, 0.29) is 23.7 Å². The summed E-state index contributed by atoms with van der Waals surface area (Å²) in [5.74, 6) is -5.46. The lowest BCUT2D eigenvalue weighted by Gasteiger charge is -2.31. The Labute approximate surface area is 177 Å². The zero-order valence-electron chi connectivity index (χ0n) is 16.8. The summed E-state index contributed by atoms with van der Waals surface area (Å²) in [4.78, 5) is 12.5. The van der Waals surface area contributed by atoms with Gasteiger partial charge in [0.2, 0.25) is 15.9 Å². The highest BCUT2D eigenvalue weighted by Gasteiger charge is 2.34. The van der Waals surface area contributed by atoms with Crippen LogP contribution in [0.4, 0.5) is 18.9 Å². The highest BCUT2D eigenvalue weighted by atomic mass is 32.2. The maximum atomic E-state index is 13.9. The summed E-state index contributed by atoms with van der Waals surface area (Å²) in [7, 11) is -1.14. The van der Waals surface area contributed by atoms with Gasteiger partial charge in [0.05, 0.1) is 30.7 Å². The van der Waals surface area contributed by atoms with Crippen molar-refractivity contribution in [2.45, 2.75) is 17.7 Å². The quantitative estimate of drug-likeness (QED) is 0.673. The number of amides is 1. The van der Waals surface area contributed by atoms with Crippen LogP contribution in [0, 0.1) is 23.4 Å². The van der Waals surface area contributed by atoms with E-state index < -0.39 is 45.0 Å². The van der Waals surface area contributed by atoms with E-state index in [9.17, 15) is 26.4 Å². The lowest BCUT2D eigenvalue weighted by atomic mass is 9.98. The van der Waals surface area contributed by atoms with Gasteiger partial charge in [0.25, 0.3) is 0 Å². The van der Waals surface area contributed by atoms with Crippen molar-refractivity contribution in [2.75, 3.05) is 32.6 Å². The fraction of sp³-hybridized carbons (Fsp3) is 0.350. The largest absolute Gasteiger partial charge is 0.493 e. The molecule has 0 bridgehead atoms. The molecule has 0 saturated carbocycles. The smallest absolute Gasteiger partial charge is 0.243 e. The Bertz CT molecular complexity index is 1090. The van der Waals surface area contributed by atoms with Gasteiger partial charge in [-0.1, -0.05) is 0 Å². The zero-order valence-corrected chi connectivity index (χ0v) is 17.6. The van der Waals surface area contributed by atoms with E-state index in [1.807, 2.05) is 0 Å². The van der Waals surface area contributed by atoms with Crippen molar-refractivity contribution in [3.63, 3.8) is 0 Å². The summed E-state index contributed by atoms with van der Waals surface area (Å²) in [5.41, 5.74) is -0.510. The predicted octanol–water partition coefficient (Wildman–Crippen LogP) is 3.16. The minimum absolute atomic E-state index is 0.0298. The molecule has 0 unspecified atom stereocenters. The number of benzene rings is 2. The van der Waals surface area contributed by atoms with E-state index in [1.54, 1.807) is 0 Å². The molecule has 2 aromatic rings. The van der Waals surface area contributed by atoms with Gasteiger partial charge in [-0.25, -0.2) is 21.6 Å². The van der Waals surface area contributed by atoms with Crippen molar-refractivity contribution in [3.8, 4) is 11.5 Å². The van der Waals surface area contributed by atoms with Crippen molar-refractivity contribution in [1.82, 2.24) is 4.31 Å². The Hall–Kier alpha value is -2.79. The molecule has 1 amide bonds. The maximum absolute atomic E-state index is 13.9. The van der Waals surface area contributed by atoms with Gasteiger partial charge in [-0.2, -0.15) is 4.31 Å². The Morgan fingerprint density at radius 1 is 1.06 bits per heavy atom. The number of nitrogens with one attached hydrogen (secondary N) is 1. The molecule has 1 aliphatic rings. The van der Waals surface area contributed by atoms with Gasteiger partial charge in [0.15, 0.2) is 29.0 Å². The highest BCUT2D eigenvalue weighted by molar-refractivity contribution is 7.89. The lowest BCUT2D eigenvalue weighted by Crippen LogP contribution is -2.43. The van der Waals surface area contributed by atoms with Gasteiger partial charge in [-0.05, 0) is 37.1 Å². The summed E-state index contributed by atoms with van der Waals surface area (Å²) >= 11 is 0. The topological polar surface area (TPSA) is 84.9 Å². The minimum Gasteiger partial charge on any atom is -0.493 e. The first kappa shape index (κ1) is 22.9. The van der Waals surface area contributed by atoms with Crippen LogP contribution in [-0.4, -0.2) is 45.9 Å². The molecule has 0 spiro atoms. The first-order chi connectivity index (χ1) is 14.7. The number of carbonyl (C=O) groups excluding carboxylic acids is 1. The van der Waals surface area contributed by atoms with Crippen molar-refractivity contribution >= 4 is 21.6 Å². The number of methoxy groups -OCH3 is 2. The fourth-order valence-electron chi connectivity index (χ4n) is 3.36. The predicted molar refractivity (Wildman–Crippen MR) is 106 cm³/mol. The molecular formula is C20H21F3N2O5S. The average molecular weight is 458 g/mol. The molecule has 2 aromatic carbocycles. The molecule has 1 N–H and O–H groups in total. The third kappa shape index (κ3) is 4.62. The van der Waals surface area contributed by atoms with Crippen molar-refractivity contribution in [3.05, 3.63) is 47.8 Å². The van der Waals surface area contributed by atoms with Gasteiger partial charge >= 0.3 is 0 Å². The first-order valence-corrected chi connectivity index (χ1v) is 10.8. The van der Waals surface area contributed by atoms with Crippen molar-refractivity contribution in [1.29, 1.82) is 0 Å². The molecule has 0 aliphatic carbocycles. The van der Waals surface area contributed by atoms with Crippen LogP contribution in [0.5, 0.6) is 11.5 Å². The second kappa shape index (κ2) is 9.15. The summed E-state index contributed by atoms with van der Waals surface area (Å²) in [6, 6.07) is 5.77. The Kier molecular flexibility index (Phi) is 6.75. The van der Waals surface area contributed by atoms with E-state index >= 15 is 0 Å². The Morgan fingerprint density at radius 2 is 1.77 bits per heavy atom. The zero-order chi connectivity index (χ0) is 22.8. The molecule has 7 nitrogen and oxygen atoms in total. The SMILES string of the molecule is COc1ccc(S(=O)(=O)N2CCC[C@H](C(=O)Nc3ccc(F)c(F)c3F)C2)cc1OC. The molecule has 3 rings (SSSR count). The Balaban J connectivity index is 1.78. The molecule has 1 heterocycles. The number of halogens is 3. The second-order valence-electron chi connectivity index (χ2n) is 6.93. The first-order valence-electron chi connectivity index (χ1n) is 9.35. The molecule has 1 atom stereocenters. The number of ether oxygens (including phenoxy) is 2. The third-order valence-corrected chi connectivity index (χ3v) is 6.90. The lowest BCUT2D eigenvalue weighted by molar-refractivity contribution is -0.120. The molecule has 31 heavy (non-hydrogen) atoms. The minimum atomic E-state index is -3.95. The third-order valence-electron chi connectivity index (χ3n) is 5.04. The number of carbonyl (C=O) groups is 1. The van der Waals surface area contributed by atoms with Crippen LogP contribution >= 0.6 is 0 Å². The molecule has 0 aromatic heterocycles. The summed E-state index contributed by atoms with van der Waals surface area (Å²) < 4.78 is 77.9. The van der Waals surface area contributed by atoms with Gasteiger partial charge in [-0.3, -0.25) is 4.79 Å². The van der Waals surface area contributed by atoms with E-state index in [4.69, 9.17) is 9.47 Å². The number of nitrogens with zero attached hydrogens (tertiary/aromatic N) is 1. The molecular weight excluding hydrogens is 437 g/mol. The molecule has 168 valence electrons. The normalized spacial score (nSPS) is 17.3. The molecule has 11 heteroatoms. The molecule has 1 aliphatic heterocycles.